The normalized spacial score (nSPS) is 24.1. The summed E-state index contributed by atoms with van der Waals surface area (Å²) >= 11 is 0. The molecular formula is C20H22N6O3. The Balaban J connectivity index is 1.44. The summed E-state index contributed by atoms with van der Waals surface area (Å²) in [6.45, 7) is 2.45. The number of fused-ring (bicyclic) bond motifs is 2. The van der Waals surface area contributed by atoms with Gasteiger partial charge in [0.05, 0.1) is 11.0 Å². The molecular weight excluding hydrogens is 372 g/mol. The van der Waals surface area contributed by atoms with Crippen molar-refractivity contribution < 1.29 is 14.4 Å². The number of benzene rings is 1. The molecule has 4 amide bonds. The van der Waals surface area contributed by atoms with E-state index in [9.17, 15) is 14.4 Å². The molecule has 1 N–H and O–H groups in total. The van der Waals surface area contributed by atoms with Gasteiger partial charge >= 0.3 is 6.03 Å². The molecule has 9 nitrogen and oxygen atoms in total. The summed E-state index contributed by atoms with van der Waals surface area (Å²) in [6, 6.07) is 6.98. The summed E-state index contributed by atoms with van der Waals surface area (Å²) in [5, 5.41) is 2.78. The predicted molar refractivity (Wildman–Crippen MR) is 107 cm³/mol. The summed E-state index contributed by atoms with van der Waals surface area (Å²) in [6.07, 6.45) is 1.83. The molecule has 2 aliphatic heterocycles. The highest BCUT2D eigenvalue weighted by atomic mass is 16.2. The van der Waals surface area contributed by atoms with Crippen LogP contribution in [0.5, 0.6) is 0 Å². The highest BCUT2D eigenvalue weighted by molar-refractivity contribution is 6.11. The number of anilines is 2. The highest BCUT2D eigenvalue weighted by Gasteiger charge is 2.56. The fraction of sp³-hybridized carbons (Fsp3) is 0.450. The Morgan fingerprint density at radius 3 is 2.45 bits per heavy atom. The number of nitrogens with zero attached hydrogens (tertiary/aromatic N) is 5. The van der Waals surface area contributed by atoms with Gasteiger partial charge in [-0.25, -0.2) is 14.8 Å². The van der Waals surface area contributed by atoms with E-state index in [2.05, 4.69) is 15.3 Å². The van der Waals surface area contributed by atoms with Crippen molar-refractivity contribution in [1.82, 2.24) is 20.2 Å². The number of aromatic nitrogens is 2. The van der Waals surface area contributed by atoms with E-state index in [4.69, 9.17) is 0 Å². The Morgan fingerprint density at radius 1 is 1.14 bits per heavy atom. The van der Waals surface area contributed by atoms with Crippen molar-refractivity contribution in [2.75, 3.05) is 36.5 Å². The van der Waals surface area contributed by atoms with Crippen molar-refractivity contribution in [3.05, 3.63) is 24.3 Å². The van der Waals surface area contributed by atoms with Crippen LogP contribution in [-0.2, 0) is 9.59 Å². The van der Waals surface area contributed by atoms with Gasteiger partial charge in [0, 0.05) is 20.1 Å². The maximum atomic E-state index is 13.1. The van der Waals surface area contributed by atoms with E-state index >= 15 is 0 Å². The van der Waals surface area contributed by atoms with Crippen molar-refractivity contribution >= 4 is 40.5 Å². The second kappa shape index (κ2) is 6.13. The van der Waals surface area contributed by atoms with E-state index in [-0.39, 0.29) is 24.3 Å². The molecule has 29 heavy (non-hydrogen) atoms. The molecule has 0 bridgehead atoms. The van der Waals surface area contributed by atoms with E-state index in [1.807, 2.05) is 36.2 Å². The lowest BCUT2D eigenvalue weighted by molar-refractivity contribution is -0.134. The zero-order valence-corrected chi connectivity index (χ0v) is 16.4. The highest BCUT2D eigenvalue weighted by Crippen LogP contribution is 2.42. The number of rotatable bonds is 3. The van der Waals surface area contributed by atoms with Crippen LogP contribution in [-0.4, -0.2) is 64.9 Å². The van der Waals surface area contributed by atoms with Crippen LogP contribution in [0.15, 0.2) is 24.3 Å². The Kier molecular flexibility index (Phi) is 3.77. The zero-order chi connectivity index (χ0) is 20.3. The minimum atomic E-state index is -0.895. The molecule has 1 aliphatic carbocycles. The number of carbonyl (C=O) groups excluding carboxylic acids is 3. The molecule has 1 aromatic carbocycles. The summed E-state index contributed by atoms with van der Waals surface area (Å²) in [4.78, 5) is 52.2. The molecule has 3 aliphatic rings. The molecule has 5 rings (SSSR count). The van der Waals surface area contributed by atoms with Crippen LogP contribution in [0.2, 0.25) is 0 Å². The smallest absolute Gasteiger partial charge is 0.325 e. The Morgan fingerprint density at radius 2 is 1.79 bits per heavy atom. The van der Waals surface area contributed by atoms with Gasteiger partial charge in [0.2, 0.25) is 5.91 Å². The van der Waals surface area contributed by atoms with Crippen molar-refractivity contribution in [3.63, 3.8) is 0 Å². The fourth-order valence-corrected chi connectivity index (χ4v) is 4.14. The van der Waals surface area contributed by atoms with E-state index in [0.717, 1.165) is 23.3 Å². The molecule has 1 aromatic heterocycles. The number of para-hydroxylation sites is 2. The molecule has 0 unspecified atom stereocenters. The summed E-state index contributed by atoms with van der Waals surface area (Å²) in [7, 11) is 1.91. The molecule has 150 valence electrons. The van der Waals surface area contributed by atoms with E-state index in [1.54, 1.807) is 6.92 Å². The molecule has 9 heteroatoms. The van der Waals surface area contributed by atoms with Crippen LogP contribution in [0.3, 0.4) is 0 Å². The lowest BCUT2D eigenvalue weighted by Crippen LogP contribution is -2.49. The van der Waals surface area contributed by atoms with Gasteiger partial charge in [-0.1, -0.05) is 12.1 Å². The molecule has 0 spiro atoms. The number of nitrogens with one attached hydrogen (secondary N) is 1. The van der Waals surface area contributed by atoms with Crippen LogP contribution in [0.1, 0.15) is 19.8 Å². The van der Waals surface area contributed by atoms with Crippen LogP contribution < -0.4 is 15.1 Å². The maximum absolute atomic E-state index is 13.1. The van der Waals surface area contributed by atoms with Crippen molar-refractivity contribution in [2.24, 2.45) is 5.92 Å². The third kappa shape index (κ3) is 2.72. The second-order valence-electron chi connectivity index (χ2n) is 8.12. The van der Waals surface area contributed by atoms with Crippen LogP contribution >= 0.6 is 0 Å². The first kappa shape index (κ1) is 17.8. The fourth-order valence-electron chi connectivity index (χ4n) is 4.14. The summed E-state index contributed by atoms with van der Waals surface area (Å²) in [5.41, 5.74) is 0.547. The molecule has 1 atom stereocenters. The van der Waals surface area contributed by atoms with E-state index < -0.39 is 11.6 Å². The van der Waals surface area contributed by atoms with E-state index in [1.165, 1.54) is 4.90 Å². The summed E-state index contributed by atoms with van der Waals surface area (Å²) < 4.78 is 0. The van der Waals surface area contributed by atoms with Gasteiger partial charge in [-0.2, -0.15) is 0 Å². The third-order valence-electron chi connectivity index (χ3n) is 6.10. The van der Waals surface area contributed by atoms with Crippen molar-refractivity contribution in [2.45, 2.75) is 25.3 Å². The van der Waals surface area contributed by atoms with Crippen molar-refractivity contribution in [1.29, 1.82) is 0 Å². The number of amides is 4. The maximum Gasteiger partial charge on any atom is 0.325 e. The Labute approximate surface area is 167 Å². The number of urea groups is 1. The number of hydrogen-bond donors (Lipinski definition) is 1. The average molecular weight is 394 g/mol. The second-order valence-corrected chi connectivity index (χ2v) is 8.12. The standard InChI is InChI=1S/C20H22N6O3/c1-20(12-7-8-12)18(28)26(19(29)23-20)11-15(27)25-10-9-24(2)16-17(25)22-14-6-4-3-5-13(14)21-16/h3-6,12H,7-11H2,1-2H3,(H,23,29)/t20-/m1/s1. The van der Waals surface area contributed by atoms with Gasteiger partial charge < -0.3 is 10.2 Å². The molecule has 3 heterocycles. The van der Waals surface area contributed by atoms with Crippen molar-refractivity contribution in [3.8, 4) is 0 Å². The number of imide groups is 1. The average Bonchev–Trinajstić information content (AvgIpc) is 3.53. The molecule has 0 radical (unpaired) electrons. The predicted octanol–water partition coefficient (Wildman–Crippen LogP) is 1.13. The first-order valence-electron chi connectivity index (χ1n) is 9.81. The number of likely N-dealkylation sites (N-methyl/N-ethyl adjacent to an activating group) is 1. The molecule has 2 fully saturated rings. The number of hydrogen-bond acceptors (Lipinski definition) is 6. The lowest BCUT2D eigenvalue weighted by Gasteiger charge is -2.34. The Bertz CT molecular complexity index is 1050. The molecule has 1 saturated carbocycles. The largest absolute Gasteiger partial charge is 0.355 e. The number of carbonyl (C=O) groups is 3. The van der Waals surface area contributed by atoms with Gasteiger partial charge in [-0.15, -0.1) is 0 Å². The summed E-state index contributed by atoms with van der Waals surface area (Å²) in [5.74, 6) is 0.563. The minimum Gasteiger partial charge on any atom is -0.355 e. The van der Waals surface area contributed by atoms with Gasteiger partial charge in [0.1, 0.15) is 12.1 Å². The van der Waals surface area contributed by atoms with Gasteiger partial charge in [-0.05, 0) is 37.8 Å². The third-order valence-corrected chi connectivity index (χ3v) is 6.10. The lowest BCUT2D eigenvalue weighted by atomic mass is 9.96. The first-order valence-corrected chi connectivity index (χ1v) is 9.81. The SMILES string of the molecule is CN1CCN(C(=O)CN2C(=O)N[C@](C)(C3CC3)C2=O)c2nc3ccccc3nc21. The Hall–Kier alpha value is -3.23. The molecule has 1 saturated heterocycles. The minimum absolute atomic E-state index is 0.153. The van der Waals surface area contributed by atoms with Gasteiger partial charge in [0.15, 0.2) is 11.6 Å². The van der Waals surface area contributed by atoms with Crippen LogP contribution in [0.25, 0.3) is 11.0 Å². The first-order chi connectivity index (χ1) is 13.9. The topological polar surface area (TPSA) is 98.7 Å². The van der Waals surface area contributed by atoms with E-state index in [0.29, 0.717) is 30.2 Å². The monoisotopic (exact) mass is 394 g/mol. The van der Waals surface area contributed by atoms with Gasteiger partial charge in [-0.3, -0.25) is 19.4 Å². The van der Waals surface area contributed by atoms with Crippen LogP contribution in [0, 0.1) is 5.92 Å². The molecule has 2 aromatic rings. The quantitative estimate of drug-likeness (QED) is 0.784. The van der Waals surface area contributed by atoms with Gasteiger partial charge in [0.25, 0.3) is 5.91 Å². The van der Waals surface area contributed by atoms with Crippen LogP contribution in [0.4, 0.5) is 16.4 Å². The zero-order valence-electron chi connectivity index (χ0n) is 16.4.